The molecule has 1 aromatic rings. The number of rotatable bonds is 0. The maximum atomic E-state index is 12.7. The van der Waals surface area contributed by atoms with Gasteiger partial charge in [-0.1, -0.05) is 13.8 Å². The molecule has 2 rings (SSSR count). The van der Waals surface area contributed by atoms with Crippen molar-refractivity contribution < 1.29 is 4.39 Å². The Hall–Kier alpha value is -0.920. The highest BCUT2D eigenvalue weighted by molar-refractivity contribution is 5.35. The molecule has 64 valence electrons. The van der Waals surface area contributed by atoms with Gasteiger partial charge in [0, 0.05) is 6.20 Å². The first-order valence-electron chi connectivity index (χ1n) is 4.24. The van der Waals surface area contributed by atoms with Gasteiger partial charge in [-0.05, 0) is 35.4 Å². The van der Waals surface area contributed by atoms with E-state index in [1.54, 1.807) is 12.3 Å². The molecule has 12 heavy (non-hydrogen) atoms. The Bertz CT molecular complexity index is 318. The number of fused-ring (bicyclic) bond motifs is 1. The van der Waals surface area contributed by atoms with Crippen LogP contribution < -0.4 is 0 Å². The second-order valence-electron chi connectivity index (χ2n) is 4.05. The van der Waals surface area contributed by atoms with Crippen molar-refractivity contribution in [1.82, 2.24) is 4.98 Å². The van der Waals surface area contributed by atoms with Crippen LogP contribution in [0.2, 0.25) is 0 Å². The lowest BCUT2D eigenvalue weighted by Crippen LogP contribution is -2.12. The Kier molecular flexibility index (Phi) is 1.47. The summed E-state index contributed by atoms with van der Waals surface area (Å²) in [6.07, 6.45) is 3.77. The summed E-state index contributed by atoms with van der Waals surface area (Å²) in [5, 5.41) is 0. The van der Waals surface area contributed by atoms with Crippen molar-refractivity contribution in [3.05, 3.63) is 29.3 Å². The topological polar surface area (TPSA) is 12.9 Å². The van der Waals surface area contributed by atoms with Gasteiger partial charge >= 0.3 is 0 Å². The van der Waals surface area contributed by atoms with Gasteiger partial charge in [0.05, 0.1) is 0 Å². The quantitative estimate of drug-likeness (QED) is 0.538. The number of pyridine rings is 1. The van der Waals surface area contributed by atoms with E-state index in [9.17, 15) is 4.39 Å². The average Bonchev–Trinajstić information content (AvgIpc) is 2.27. The van der Waals surface area contributed by atoms with Crippen LogP contribution in [0.5, 0.6) is 0 Å². The van der Waals surface area contributed by atoms with Gasteiger partial charge in [-0.25, -0.2) is 4.98 Å². The van der Waals surface area contributed by atoms with Crippen molar-refractivity contribution in [2.75, 3.05) is 0 Å². The monoisotopic (exact) mass is 165 g/mol. The van der Waals surface area contributed by atoms with Crippen LogP contribution in [-0.4, -0.2) is 4.98 Å². The Morgan fingerprint density at radius 2 is 2.25 bits per heavy atom. The highest BCUT2D eigenvalue weighted by atomic mass is 19.1. The molecule has 0 spiro atoms. The van der Waals surface area contributed by atoms with E-state index in [0.717, 1.165) is 18.4 Å². The van der Waals surface area contributed by atoms with Crippen LogP contribution in [-0.2, 0) is 11.8 Å². The molecular weight excluding hydrogens is 153 g/mol. The van der Waals surface area contributed by atoms with Gasteiger partial charge in [-0.3, -0.25) is 0 Å². The van der Waals surface area contributed by atoms with Crippen molar-refractivity contribution in [3.63, 3.8) is 0 Å². The largest absolute Gasteiger partial charge is 0.228 e. The minimum Gasteiger partial charge on any atom is -0.228 e. The maximum Gasteiger partial charge on any atom is 0.213 e. The van der Waals surface area contributed by atoms with Crippen molar-refractivity contribution in [3.8, 4) is 0 Å². The van der Waals surface area contributed by atoms with Crippen LogP contribution in [0.25, 0.3) is 0 Å². The highest BCUT2D eigenvalue weighted by Crippen LogP contribution is 2.37. The molecule has 0 radical (unpaired) electrons. The van der Waals surface area contributed by atoms with Gasteiger partial charge in [-0.15, -0.1) is 0 Å². The molecule has 1 aliphatic carbocycles. The molecule has 1 aliphatic rings. The van der Waals surface area contributed by atoms with Gasteiger partial charge in [0.15, 0.2) is 0 Å². The molecule has 0 saturated heterocycles. The molecular formula is C10H12FN. The zero-order valence-corrected chi connectivity index (χ0v) is 7.39. The van der Waals surface area contributed by atoms with E-state index in [0.29, 0.717) is 0 Å². The summed E-state index contributed by atoms with van der Waals surface area (Å²) < 4.78 is 12.7. The molecule has 0 aliphatic heterocycles. The van der Waals surface area contributed by atoms with Crippen molar-refractivity contribution >= 4 is 0 Å². The SMILES string of the molecule is CC1(C)CCc2cc(F)ncc21. The van der Waals surface area contributed by atoms with E-state index in [1.165, 1.54) is 5.56 Å². The van der Waals surface area contributed by atoms with Crippen LogP contribution in [0.15, 0.2) is 12.3 Å². The molecule has 1 nitrogen and oxygen atoms in total. The fraction of sp³-hybridized carbons (Fsp3) is 0.500. The molecule has 0 saturated carbocycles. The average molecular weight is 165 g/mol. The molecule has 2 heteroatoms. The lowest BCUT2D eigenvalue weighted by atomic mass is 9.88. The van der Waals surface area contributed by atoms with Crippen molar-refractivity contribution in [1.29, 1.82) is 0 Å². The first kappa shape index (κ1) is 7.71. The molecule has 0 atom stereocenters. The molecule has 0 amide bonds. The zero-order valence-electron chi connectivity index (χ0n) is 7.39. The lowest BCUT2D eigenvalue weighted by molar-refractivity contribution is 0.519. The van der Waals surface area contributed by atoms with Crippen LogP contribution in [0.1, 0.15) is 31.4 Å². The van der Waals surface area contributed by atoms with Gasteiger partial charge in [0.1, 0.15) is 0 Å². The Morgan fingerprint density at radius 1 is 1.50 bits per heavy atom. The number of hydrogen-bond donors (Lipinski definition) is 0. The fourth-order valence-corrected chi connectivity index (χ4v) is 1.87. The first-order chi connectivity index (χ1) is 5.59. The summed E-state index contributed by atoms with van der Waals surface area (Å²) >= 11 is 0. The molecule has 1 aromatic heterocycles. The molecule has 0 fully saturated rings. The van der Waals surface area contributed by atoms with Crippen LogP contribution in [0.4, 0.5) is 4.39 Å². The summed E-state index contributed by atoms with van der Waals surface area (Å²) in [5.41, 5.74) is 2.53. The minimum atomic E-state index is -0.355. The van der Waals surface area contributed by atoms with Crippen LogP contribution in [0.3, 0.4) is 0 Å². The second-order valence-corrected chi connectivity index (χ2v) is 4.05. The third-order valence-electron chi connectivity index (χ3n) is 2.70. The van der Waals surface area contributed by atoms with E-state index in [-0.39, 0.29) is 11.4 Å². The van der Waals surface area contributed by atoms with E-state index in [2.05, 4.69) is 18.8 Å². The van der Waals surface area contributed by atoms with Gasteiger partial charge in [0.2, 0.25) is 5.95 Å². The van der Waals surface area contributed by atoms with Crippen molar-refractivity contribution in [2.24, 2.45) is 0 Å². The number of hydrogen-bond acceptors (Lipinski definition) is 1. The number of aromatic nitrogens is 1. The maximum absolute atomic E-state index is 12.7. The van der Waals surface area contributed by atoms with Crippen LogP contribution in [0, 0.1) is 5.95 Å². The first-order valence-corrected chi connectivity index (χ1v) is 4.24. The molecule has 0 bridgehead atoms. The molecule has 0 unspecified atom stereocenters. The summed E-state index contributed by atoms with van der Waals surface area (Å²) in [7, 11) is 0. The standard InChI is InChI=1S/C10H12FN/c1-10(2)4-3-7-5-9(11)12-6-8(7)10/h5-6H,3-4H2,1-2H3. The predicted molar refractivity (Wildman–Crippen MR) is 45.5 cm³/mol. The fourth-order valence-electron chi connectivity index (χ4n) is 1.87. The third kappa shape index (κ3) is 1.02. The second kappa shape index (κ2) is 2.28. The van der Waals surface area contributed by atoms with Crippen LogP contribution >= 0.6 is 0 Å². The molecule has 0 aromatic carbocycles. The normalized spacial score (nSPS) is 19.2. The smallest absolute Gasteiger partial charge is 0.213 e. The van der Waals surface area contributed by atoms with E-state index >= 15 is 0 Å². The van der Waals surface area contributed by atoms with E-state index < -0.39 is 0 Å². The lowest BCUT2D eigenvalue weighted by Gasteiger charge is -2.17. The molecule has 0 N–H and O–H groups in total. The Morgan fingerprint density at radius 3 is 3.00 bits per heavy atom. The van der Waals surface area contributed by atoms with E-state index in [1.807, 2.05) is 0 Å². The van der Waals surface area contributed by atoms with Gasteiger partial charge < -0.3 is 0 Å². The zero-order chi connectivity index (χ0) is 8.77. The minimum absolute atomic E-state index is 0.191. The van der Waals surface area contributed by atoms with Gasteiger partial charge in [-0.2, -0.15) is 4.39 Å². The molecule has 1 heterocycles. The summed E-state index contributed by atoms with van der Waals surface area (Å²) in [6, 6.07) is 1.56. The summed E-state index contributed by atoms with van der Waals surface area (Å²) in [5.74, 6) is -0.355. The number of aryl methyl sites for hydroxylation is 1. The Balaban J connectivity index is 2.55. The van der Waals surface area contributed by atoms with Gasteiger partial charge in [0.25, 0.3) is 0 Å². The van der Waals surface area contributed by atoms with Crippen molar-refractivity contribution in [2.45, 2.75) is 32.1 Å². The number of nitrogens with zero attached hydrogens (tertiary/aromatic N) is 1. The third-order valence-corrected chi connectivity index (χ3v) is 2.70. The summed E-state index contributed by atoms with van der Waals surface area (Å²) in [4.78, 5) is 3.68. The Labute approximate surface area is 71.6 Å². The number of halogens is 1. The predicted octanol–water partition coefficient (Wildman–Crippen LogP) is 2.44. The van der Waals surface area contributed by atoms with E-state index in [4.69, 9.17) is 0 Å². The highest BCUT2D eigenvalue weighted by Gasteiger charge is 2.29. The summed E-state index contributed by atoms with van der Waals surface area (Å²) in [6.45, 7) is 4.36.